The molecule has 4 rings (SSSR count). The van der Waals surface area contributed by atoms with Gasteiger partial charge in [-0.1, -0.05) is 26.0 Å². The Kier molecular flexibility index (Phi) is 5.20. The summed E-state index contributed by atoms with van der Waals surface area (Å²) in [7, 11) is 0. The average Bonchev–Trinajstić information content (AvgIpc) is 3.18. The van der Waals surface area contributed by atoms with Gasteiger partial charge in [-0.2, -0.15) is 5.10 Å². The van der Waals surface area contributed by atoms with Gasteiger partial charge in [0.15, 0.2) is 11.5 Å². The third-order valence-corrected chi connectivity index (χ3v) is 4.73. The number of carbonyl (C=O) groups is 1. The number of hydrogen-bond donors (Lipinski definition) is 1. The third-order valence-electron chi connectivity index (χ3n) is 4.73. The minimum absolute atomic E-state index is 0.0458. The maximum Gasteiger partial charge on any atom is 0.254 e. The molecule has 0 fully saturated rings. The maximum absolute atomic E-state index is 13.2. The molecule has 1 aliphatic heterocycles. The van der Waals surface area contributed by atoms with Gasteiger partial charge in [0, 0.05) is 0 Å². The van der Waals surface area contributed by atoms with Crippen LogP contribution in [0, 0.1) is 5.82 Å². The molecule has 1 amide bonds. The monoisotopic (exact) mass is 395 g/mol. The first kappa shape index (κ1) is 19.0. The highest BCUT2D eigenvalue weighted by atomic mass is 19.1. The minimum atomic E-state index is -0.318. The first-order valence-corrected chi connectivity index (χ1v) is 9.53. The maximum atomic E-state index is 13.2. The van der Waals surface area contributed by atoms with Crippen LogP contribution >= 0.6 is 0 Å². The van der Waals surface area contributed by atoms with Gasteiger partial charge in [-0.15, -0.1) is 0 Å². The summed E-state index contributed by atoms with van der Waals surface area (Å²) in [6, 6.07) is 13.5. The summed E-state index contributed by atoms with van der Waals surface area (Å²) in [4.78, 5) is 12.8. The number of carbonyl (C=O) groups excluding carboxylic acids is 1. The lowest BCUT2D eigenvalue weighted by atomic mass is 10.0. The van der Waals surface area contributed by atoms with Crippen LogP contribution in [0.2, 0.25) is 0 Å². The Bertz CT molecular complexity index is 1010. The molecule has 0 saturated heterocycles. The molecule has 1 aromatic heterocycles. The number of benzene rings is 2. The molecule has 0 aliphatic carbocycles. The smallest absolute Gasteiger partial charge is 0.254 e. The van der Waals surface area contributed by atoms with Crippen molar-refractivity contribution in [2.24, 2.45) is 0 Å². The van der Waals surface area contributed by atoms with Crippen LogP contribution in [-0.2, 0) is 0 Å². The third kappa shape index (κ3) is 3.94. The summed E-state index contributed by atoms with van der Waals surface area (Å²) in [5.74, 6) is 0.873. The Hall–Kier alpha value is -3.35. The molecule has 29 heavy (non-hydrogen) atoms. The highest BCUT2D eigenvalue weighted by Crippen LogP contribution is 2.30. The second kappa shape index (κ2) is 7.95. The van der Waals surface area contributed by atoms with Crippen LogP contribution in [0.5, 0.6) is 11.5 Å². The van der Waals surface area contributed by atoms with Crippen molar-refractivity contribution in [2.75, 3.05) is 13.2 Å². The Balaban J connectivity index is 1.48. The van der Waals surface area contributed by atoms with Gasteiger partial charge < -0.3 is 14.8 Å². The molecular formula is C22H22FN3O3. The first-order chi connectivity index (χ1) is 14.0. The van der Waals surface area contributed by atoms with Crippen LogP contribution in [0.15, 0.2) is 54.7 Å². The van der Waals surface area contributed by atoms with Crippen molar-refractivity contribution in [3.05, 3.63) is 71.8 Å². The number of aromatic nitrogens is 2. The van der Waals surface area contributed by atoms with E-state index in [2.05, 4.69) is 10.4 Å². The van der Waals surface area contributed by atoms with Crippen molar-refractivity contribution in [2.45, 2.75) is 25.9 Å². The van der Waals surface area contributed by atoms with Gasteiger partial charge in [0.05, 0.1) is 29.7 Å². The number of hydrogen-bond acceptors (Lipinski definition) is 4. The Morgan fingerprint density at radius 2 is 1.93 bits per heavy atom. The fraction of sp³-hybridized carbons (Fsp3) is 0.273. The Labute approximate surface area is 168 Å². The molecule has 1 aliphatic rings. The van der Waals surface area contributed by atoms with Crippen LogP contribution in [0.3, 0.4) is 0 Å². The van der Waals surface area contributed by atoms with Crippen LogP contribution in [0.25, 0.3) is 5.69 Å². The van der Waals surface area contributed by atoms with Crippen LogP contribution in [-0.4, -0.2) is 34.9 Å². The fourth-order valence-corrected chi connectivity index (χ4v) is 3.34. The molecular weight excluding hydrogens is 373 g/mol. The predicted molar refractivity (Wildman–Crippen MR) is 106 cm³/mol. The van der Waals surface area contributed by atoms with E-state index in [4.69, 9.17) is 9.47 Å². The summed E-state index contributed by atoms with van der Waals surface area (Å²) in [5, 5.41) is 7.27. The van der Waals surface area contributed by atoms with E-state index in [1.54, 1.807) is 23.0 Å². The van der Waals surface area contributed by atoms with Crippen LogP contribution < -0.4 is 14.8 Å². The first-order valence-electron chi connectivity index (χ1n) is 9.53. The number of fused-ring (bicyclic) bond motifs is 1. The van der Waals surface area contributed by atoms with E-state index in [-0.39, 0.29) is 23.7 Å². The van der Waals surface area contributed by atoms with Gasteiger partial charge >= 0.3 is 0 Å². The molecule has 2 aromatic carbocycles. The zero-order valence-electron chi connectivity index (χ0n) is 16.3. The Morgan fingerprint density at radius 3 is 2.66 bits per heavy atom. The van der Waals surface area contributed by atoms with E-state index in [1.165, 1.54) is 12.1 Å². The summed E-state index contributed by atoms with van der Waals surface area (Å²) < 4.78 is 26.5. The van der Waals surface area contributed by atoms with E-state index < -0.39 is 0 Å². The largest absolute Gasteiger partial charge is 0.486 e. The Morgan fingerprint density at radius 1 is 1.21 bits per heavy atom. The topological polar surface area (TPSA) is 65.4 Å². The predicted octanol–water partition coefficient (Wildman–Crippen LogP) is 3.70. The molecule has 150 valence electrons. The number of nitrogens with zero attached hydrogens (tertiary/aromatic N) is 2. The lowest BCUT2D eigenvalue weighted by Crippen LogP contribution is -2.40. The number of amides is 1. The summed E-state index contributed by atoms with van der Waals surface area (Å²) in [6.07, 6.45) is 1.27. The zero-order valence-corrected chi connectivity index (χ0v) is 16.3. The quantitative estimate of drug-likeness (QED) is 0.715. The average molecular weight is 395 g/mol. The second-order valence-electron chi connectivity index (χ2n) is 7.19. The summed E-state index contributed by atoms with van der Waals surface area (Å²) in [6.45, 7) is 4.65. The SMILES string of the molecule is CC(C)c1c(C(=O)NC[C@H]2COc3ccccc3O2)cnn1-c1ccc(F)cc1. The van der Waals surface area contributed by atoms with E-state index in [9.17, 15) is 9.18 Å². The van der Waals surface area contributed by atoms with E-state index in [1.807, 2.05) is 38.1 Å². The van der Waals surface area contributed by atoms with Gasteiger partial charge in [0.1, 0.15) is 18.5 Å². The second-order valence-corrected chi connectivity index (χ2v) is 7.19. The molecule has 0 radical (unpaired) electrons. The molecule has 0 unspecified atom stereocenters. The number of rotatable bonds is 5. The molecule has 7 heteroatoms. The van der Waals surface area contributed by atoms with Gasteiger partial charge in [-0.25, -0.2) is 9.07 Å². The number of ether oxygens (including phenoxy) is 2. The fourth-order valence-electron chi connectivity index (χ4n) is 3.34. The molecule has 0 saturated carbocycles. The molecule has 0 bridgehead atoms. The number of nitrogens with one attached hydrogen (secondary N) is 1. The van der Waals surface area contributed by atoms with Gasteiger partial charge in [0.25, 0.3) is 5.91 Å². The minimum Gasteiger partial charge on any atom is -0.486 e. The van der Waals surface area contributed by atoms with E-state index >= 15 is 0 Å². The molecule has 1 N–H and O–H groups in total. The van der Waals surface area contributed by atoms with Crippen molar-refractivity contribution in [3.8, 4) is 17.2 Å². The highest BCUT2D eigenvalue weighted by Gasteiger charge is 2.24. The van der Waals surface area contributed by atoms with Crippen LogP contribution in [0.1, 0.15) is 35.8 Å². The standard InChI is InChI=1S/C22H22FN3O3/c1-14(2)21-18(12-25-26(21)16-9-7-15(23)8-10-16)22(27)24-11-17-13-28-19-5-3-4-6-20(19)29-17/h3-10,12,14,17H,11,13H2,1-2H3,(H,24,27)/t17-/m0/s1. The zero-order chi connectivity index (χ0) is 20.4. The lowest BCUT2D eigenvalue weighted by molar-refractivity contribution is 0.0788. The van der Waals surface area contributed by atoms with E-state index in [0.29, 0.717) is 35.9 Å². The summed E-state index contributed by atoms with van der Waals surface area (Å²) >= 11 is 0. The van der Waals surface area contributed by atoms with Crippen molar-refractivity contribution < 1.29 is 18.7 Å². The molecule has 0 spiro atoms. The number of halogens is 1. The molecule has 1 atom stereocenters. The lowest BCUT2D eigenvalue weighted by Gasteiger charge is -2.26. The van der Waals surface area contributed by atoms with E-state index in [0.717, 1.165) is 5.69 Å². The van der Waals surface area contributed by atoms with Crippen molar-refractivity contribution in [3.63, 3.8) is 0 Å². The van der Waals surface area contributed by atoms with Crippen LogP contribution in [0.4, 0.5) is 4.39 Å². The van der Waals surface area contributed by atoms with Gasteiger partial charge in [-0.3, -0.25) is 4.79 Å². The van der Waals surface area contributed by atoms with Gasteiger partial charge in [0.2, 0.25) is 0 Å². The summed E-state index contributed by atoms with van der Waals surface area (Å²) in [5.41, 5.74) is 1.96. The van der Waals surface area contributed by atoms with Crippen molar-refractivity contribution in [1.82, 2.24) is 15.1 Å². The number of para-hydroxylation sites is 2. The molecule has 2 heterocycles. The molecule has 3 aromatic rings. The van der Waals surface area contributed by atoms with Gasteiger partial charge in [-0.05, 0) is 42.3 Å². The van der Waals surface area contributed by atoms with Crippen molar-refractivity contribution in [1.29, 1.82) is 0 Å². The highest BCUT2D eigenvalue weighted by molar-refractivity contribution is 5.95. The molecule has 6 nitrogen and oxygen atoms in total. The van der Waals surface area contributed by atoms with Crippen molar-refractivity contribution >= 4 is 5.91 Å². The normalized spacial score (nSPS) is 15.4.